The Labute approximate surface area is 127 Å². The van der Waals surface area contributed by atoms with Crippen LogP contribution >= 0.6 is 0 Å². The number of rotatable bonds is 6. The van der Waals surface area contributed by atoms with E-state index in [1.807, 2.05) is 31.2 Å². The molecule has 6 heteroatoms. The monoisotopic (exact) mass is 300 g/mol. The molecule has 2 aromatic rings. The van der Waals surface area contributed by atoms with E-state index >= 15 is 0 Å². The van der Waals surface area contributed by atoms with Gasteiger partial charge in [-0.3, -0.25) is 14.9 Å². The van der Waals surface area contributed by atoms with Crippen molar-refractivity contribution in [2.75, 3.05) is 11.9 Å². The summed E-state index contributed by atoms with van der Waals surface area (Å²) >= 11 is 0. The first-order valence-corrected chi connectivity index (χ1v) is 6.79. The molecule has 2 rings (SSSR count). The molecule has 0 saturated carbocycles. The number of para-hydroxylation sites is 2. The lowest BCUT2D eigenvalue weighted by atomic mass is 10.2. The Morgan fingerprint density at radius 2 is 2.00 bits per heavy atom. The van der Waals surface area contributed by atoms with E-state index in [1.54, 1.807) is 12.1 Å². The standard InChI is InChI=1S/C16H16N2O4/c1-12-5-4-6-13(11-12)22-10-9-16(19)17-14-7-2-3-8-15(14)18(20)21/h2-8,11H,9-10H2,1H3,(H,17,19). The molecule has 0 fully saturated rings. The summed E-state index contributed by atoms with van der Waals surface area (Å²) in [7, 11) is 0. The van der Waals surface area contributed by atoms with E-state index in [4.69, 9.17) is 4.74 Å². The van der Waals surface area contributed by atoms with Crippen molar-refractivity contribution in [3.63, 3.8) is 0 Å². The zero-order valence-electron chi connectivity index (χ0n) is 12.1. The summed E-state index contributed by atoms with van der Waals surface area (Å²) < 4.78 is 5.48. The summed E-state index contributed by atoms with van der Waals surface area (Å²) in [5.74, 6) is 0.362. The van der Waals surface area contributed by atoms with Crippen molar-refractivity contribution in [3.8, 4) is 5.75 Å². The number of aryl methyl sites for hydroxylation is 1. The fourth-order valence-corrected chi connectivity index (χ4v) is 1.92. The molecule has 114 valence electrons. The van der Waals surface area contributed by atoms with Crippen molar-refractivity contribution in [1.82, 2.24) is 0 Å². The highest BCUT2D eigenvalue weighted by molar-refractivity contribution is 5.93. The van der Waals surface area contributed by atoms with E-state index in [-0.39, 0.29) is 30.3 Å². The van der Waals surface area contributed by atoms with Crippen molar-refractivity contribution in [2.45, 2.75) is 13.3 Å². The van der Waals surface area contributed by atoms with Crippen LogP contribution in [-0.4, -0.2) is 17.4 Å². The molecule has 2 aromatic carbocycles. The summed E-state index contributed by atoms with van der Waals surface area (Å²) in [5, 5.41) is 13.4. The van der Waals surface area contributed by atoms with Gasteiger partial charge < -0.3 is 10.1 Å². The maximum atomic E-state index is 11.8. The zero-order chi connectivity index (χ0) is 15.9. The van der Waals surface area contributed by atoms with Gasteiger partial charge in [0, 0.05) is 6.07 Å². The van der Waals surface area contributed by atoms with Crippen LogP contribution in [0.3, 0.4) is 0 Å². The minimum atomic E-state index is -0.529. The number of ether oxygens (including phenoxy) is 1. The van der Waals surface area contributed by atoms with E-state index in [0.717, 1.165) is 5.56 Å². The number of carbonyl (C=O) groups excluding carboxylic acids is 1. The predicted octanol–water partition coefficient (Wildman–Crippen LogP) is 3.31. The van der Waals surface area contributed by atoms with Crippen molar-refractivity contribution in [2.24, 2.45) is 0 Å². The third kappa shape index (κ3) is 4.31. The Morgan fingerprint density at radius 3 is 2.73 bits per heavy atom. The van der Waals surface area contributed by atoms with Crippen LogP contribution in [0.2, 0.25) is 0 Å². The molecule has 0 unspecified atom stereocenters. The van der Waals surface area contributed by atoms with Crippen molar-refractivity contribution in [1.29, 1.82) is 0 Å². The van der Waals surface area contributed by atoms with Gasteiger partial charge in [-0.2, -0.15) is 0 Å². The van der Waals surface area contributed by atoms with Crippen LogP contribution in [0, 0.1) is 17.0 Å². The number of anilines is 1. The SMILES string of the molecule is Cc1cccc(OCCC(=O)Nc2ccccc2[N+](=O)[O-])c1. The Morgan fingerprint density at radius 1 is 1.23 bits per heavy atom. The molecule has 1 N–H and O–H groups in total. The molecule has 0 heterocycles. The number of hydrogen-bond acceptors (Lipinski definition) is 4. The van der Waals surface area contributed by atoms with Gasteiger partial charge in [-0.05, 0) is 30.7 Å². The van der Waals surface area contributed by atoms with Crippen LogP contribution < -0.4 is 10.1 Å². The smallest absolute Gasteiger partial charge is 0.292 e. The quantitative estimate of drug-likeness (QED) is 0.655. The summed E-state index contributed by atoms with van der Waals surface area (Å²) in [6.07, 6.45) is 0.111. The largest absolute Gasteiger partial charge is 0.493 e. The van der Waals surface area contributed by atoms with E-state index < -0.39 is 4.92 Å². The van der Waals surface area contributed by atoms with Crippen LogP contribution in [0.25, 0.3) is 0 Å². The van der Waals surface area contributed by atoms with Crippen LogP contribution in [0.4, 0.5) is 11.4 Å². The first kappa shape index (κ1) is 15.5. The van der Waals surface area contributed by atoms with Gasteiger partial charge >= 0.3 is 0 Å². The van der Waals surface area contributed by atoms with Crippen molar-refractivity contribution in [3.05, 3.63) is 64.2 Å². The number of nitro groups is 1. The van der Waals surface area contributed by atoms with Gasteiger partial charge in [-0.25, -0.2) is 0 Å². The maximum Gasteiger partial charge on any atom is 0.292 e. The molecule has 0 bridgehead atoms. The van der Waals surface area contributed by atoms with Gasteiger partial charge in [-0.1, -0.05) is 24.3 Å². The average Bonchev–Trinajstić information content (AvgIpc) is 2.47. The molecule has 0 aromatic heterocycles. The lowest BCUT2D eigenvalue weighted by Crippen LogP contribution is -2.16. The third-order valence-corrected chi connectivity index (χ3v) is 2.96. The Bertz CT molecular complexity index is 685. The fourth-order valence-electron chi connectivity index (χ4n) is 1.92. The number of nitro benzene ring substituents is 1. The first-order valence-electron chi connectivity index (χ1n) is 6.79. The maximum absolute atomic E-state index is 11.8. The highest BCUT2D eigenvalue weighted by Gasteiger charge is 2.14. The van der Waals surface area contributed by atoms with E-state index in [0.29, 0.717) is 5.75 Å². The molecule has 0 spiro atoms. The predicted molar refractivity (Wildman–Crippen MR) is 83.0 cm³/mol. The number of benzene rings is 2. The lowest BCUT2D eigenvalue weighted by Gasteiger charge is -2.08. The van der Waals surface area contributed by atoms with Gasteiger partial charge in [0.1, 0.15) is 11.4 Å². The molecule has 0 atom stereocenters. The summed E-state index contributed by atoms with van der Waals surface area (Å²) in [6, 6.07) is 13.5. The summed E-state index contributed by atoms with van der Waals surface area (Å²) in [4.78, 5) is 22.2. The topological polar surface area (TPSA) is 81.5 Å². The zero-order valence-corrected chi connectivity index (χ0v) is 12.1. The van der Waals surface area contributed by atoms with E-state index in [1.165, 1.54) is 12.1 Å². The summed E-state index contributed by atoms with van der Waals surface area (Å²) in [5.41, 5.74) is 1.13. The number of nitrogens with one attached hydrogen (secondary N) is 1. The molecule has 6 nitrogen and oxygen atoms in total. The molecule has 0 aliphatic rings. The normalized spacial score (nSPS) is 10.0. The van der Waals surface area contributed by atoms with Gasteiger partial charge in [0.05, 0.1) is 18.0 Å². The molecule has 0 radical (unpaired) electrons. The van der Waals surface area contributed by atoms with Gasteiger partial charge in [-0.15, -0.1) is 0 Å². The van der Waals surface area contributed by atoms with E-state index in [9.17, 15) is 14.9 Å². The molecular formula is C16H16N2O4. The highest BCUT2D eigenvalue weighted by atomic mass is 16.6. The van der Waals surface area contributed by atoms with Crippen molar-refractivity contribution >= 4 is 17.3 Å². The molecular weight excluding hydrogens is 284 g/mol. The Balaban J connectivity index is 1.87. The minimum absolute atomic E-state index is 0.111. The van der Waals surface area contributed by atoms with Crippen LogP contribution in [0.1, 0.15) is 12.0 Å². The average molecular weight is 300 g/mol. The van der Waals surface area contributed by atoms with Gasteiger partial charge in [0.25, 0.3) is 5.69 Å². The number of nitrogens with zero attached hydrogens (tertiary/aromatic N) is 1. The van der Waals surface area contributed by atoms with Crippen LogP contribution in [0.5, 0.6) is 5.75 Å². The Kier molecular flexibility index (Phi) is 5.08. The molecule has 0 aliphatic heterocycles. The second kappa shape index (κ2) is 7.21. The minimum Gasteiger partial charge on any atom is -0.493 e. The van der Waals surface area contributed by atoms with Gasteiger partial charge in [0.15, 0.2) is 0 Å². The van der Waals surface area contributed by atoms with Crippen LogP contribution in [0.15, 0.2) is 48.5 Å². The number of carbonyl (C=O) groups is 1. The number of amides is 1. The van der Waals surface area contributed by atoms with Crippen molar-refractivity contribution < 1.29 is 14.5 Å². The molecule has 0 aliphatic carbocycles. The molecule has 22 heavy (non-hydrogen) atoms. The fraction of sp³-hybridized carbons (Fsp3) is 0.188. The second-order valence-electron chi connectivity index (χ2n) is 4.74. The Hall–Kier alpha value is -2.89. The first-order chi connectivity index (χ1) is 10.6. The van der Waals surface area contributed by atoms with E-state index in [2.05, 4.69) is 5.32 Å². The van der Waals surface area contributed by atoms with Gasteiger partial charge in [0.2, 0.25) is 5.91 Å². The summed E-state index contributed by atoms with van der Waals surface area (Å²) in [6.45, 7) is 2.16. The third-order valence-electron chi connectivity index (χ3n) is 2.96. The lowest BCUT2D eigenvalue weighted by molar-refractivity contribution is -0.383. The highest BCUT2D eigenvalue weighted by Crippen LogP contribution is 2.23. The number of hydrogen-bond donors (Lipinski definition) is 1. The molecule has 1 amide bonds. The second-order valence-corrected chi connectivity index (χ2v) is 4.74. The van der Waals surface area contributed by atoms with Crippen LogP contribution in [-0.2, 0) is 4.79 Å². The molecule has 0 saturated heterocycles.